The molecule has 0 saturated heterocycles. The molecule has 0 radical (unpaired) electrons. The maximum absolute atomic E-state index is 12.4. The van der Waals surface area contributed by atoms with E-state index in [0.29, 0.717) is 12.1 Å². The van der Waals surface area contributed by atoms with Crippen LogP contribution in [-0.4, -0.2) is 29.5 Å². The molecule has 1 aromatic heterocycles. The highest BCUT2D eigenvalue weighted by Crippen LogP contribution is 2.46. The summed E-state index contributed by atoms with van der Waals surface area (Å²) in [6, 6.07) is 5.39. The Labute approximate surface area is 109 Å². The third-order valence-electron chi connectivity index (χ3n) is 3.89. The third kappa shape index (κ3) is 1.84. The number of benzene rings is 1. The van der Waals surface area contributed by atoms with Crippen LogP contribution in [0.25, 0.3) is 11.0 Å². The number of H-pyrrole nitrogens is 2. The standard InChI is InChI=1S/C13H16N4O2/c1-17(11(18)13(7-14)4-5-13)8-2-3-9-10(6-8)16-12(19)15-9/h2-3,6H,4-5,7,14H2,1H3,(H2,15,16,19). The largest absolute Gasteiger partial charge is 0.329 e. The molecule has 0 bridgehead atoms. The van der Waals surface area contributed by atoms with E-state index in [1.165, 1.54) is 0 Å². The lowest BCUT2D eigenvalue weighted by atomic mass is 10.1. The van der Waals surface area contributed by atoms with Crippen molar-refractivity contribution >= 4 is 22.6 Å². The first-order valence-corrected chi connectivity index (χ1v) is 6.26. The lowest BCUT2D eigenvalue weighted by Crippen LogP contribution is -2.38. The smallest absolute Gasteiger partial charge is 0.323 e. The van der Waals surface area contributed by atoms with Crippen LogP contribution in [0, 0.1) is 5.41 Å². The third-order valence-corrected chi connectivity index (χ3v) is 3.89. The van der Waals surface area contributed by atoms with Gasteiger partial charge in [-0.25, -0.2) is 4.79 Å². The van der Waals surface area contributed by atoms with Gasteiger partial charge in [0.25, 0.3) is 0 Å². The van der Waals surface area contributed by atoms with E-state index in [-0.39, 0.29) is 17.0 Å². The molecule has 1 aromatic carbocycles. The summed E-state index contributed by atoms with van der Waals surface area (Å²) in [5.74, 6) is 0.0484. The highest BCUT2D eigenvalue weighted by atomic mass is 16.2. The maximum atomic E-state index is 12.4. The molecular weight excluding hydrogens is 244 g/mol. The molecule has 1 amide bonds. The number of nitrogens with zero attached hydrogens (tertiary/aromatic N) is 1. The molecule has 1 aliphatic carbocycles. The van der Waals surface area contributed by atoms with E-state index < -0.39 is 0 Å². The molecule has 4 N–H and O–H groups in total. The number of carbonyl (C=O) groups is 1. The highest BCUT2D eigenvalue weighted by molar-refractivity contribution is 6.00. The van der Waals surface area contributed by atoms with Crippen molar-refractivity contribution < 1.29 is 4.79 Å². The van der Waals surface area contributed by atoms with Crippen molar-refractivity contribution in [3.63, 3.8) is 0 Å². The molecule has 6 nitrogen and oxygen atoms in total. The molecule has 1 aliphatic rings. The Balaban J connectivity index is 1.95. The summed E-state index contributed by atoms with van der Waals surface area (Å²) in [5.41, 5.74) is 7.25. The van der Waals surface area contributed by atoms with E-state index in [9.17, 15) is 9.59 Å². The molecule has 3 rings (SSSR count). The summed E-state index contributed by atoms with van der Waals surface area (Å²) in [5, 5.41) is 0. The zero-order chi connectivity index (χ0) is 13.6. The van der Waals surface area contributed by atoms with Crippen LogP contribution in [0.5, 0.6) is 0 Å². The summed E-state index contributed by atoms with van der Waals surface area (Å²) in [6.45, 7) is 0.388. The number of aromatic nitrogens is 2. The molecule has 1 heterocycles. The second kappa shape index (κ2) is 3.96. The minimum absolute atomic E-state index is 0.0484. The Morgan fingerprint density at radius 2 is 2.05 bits per heavy atom. The Kier molecular flexibility index (Phi) is 2.50. The van der Waals surface area contributed by atoms with E-state index in [1.54, 1.807) is 24.1 Å². The monoisotopic (exact) mass is 260 g/mol. The van der Waals surface area contributed by atoms with Gasteiger partial charge in [0.2, 0.25) is 5.91 Å². The van der Waals surface area contributed by atoms with Crippen molar-refractivity contribution in [3.8, 4) is 0 Å². The van der Waals surface area contributed by atoms with Crippen LogP contribution in [0.15, 0.2) is 23.0 Å². The average molecular weight is 260 g/mol. The van der Waals surface area contributed by atoms with Gasteiger partial charge in [-0.05, 0) is 31.0 Å². The van der Waals surface area contributed by atoms with Gasteiger partial charge < -0.3 is 20.6 Å². The summed E-state index contributed by atoms with van der Waals surface area (Å²) in [7, 11) is 1.74. The molecular formula is C13H16N4O2. The summed E-state index contributed by atoms with van der Waals surface area (Å²) in [4.78, 5) is 30.6. The van der Waals surface area contributed by atoms with Crippen molar-refractivity contribution in [1.82, 2.24) is 9.97 Å². The van der Waals surface area contributed by atoms with Gasteiger partial charge in [-0.2, -0.15) is 0 Å². The topological polar surface area (TPSA) is 95.0 Å². The lowest BCUT2D eigenvalue weighted by Gasteiger charge is -2.22. The van der Waals surface area contributed by atoms with Crippen molar-refractivity contribution in [2.45, 2.75) is 12.8 Å². The fourth-order valence-corrected chi connectivity index (χ4v) is 2.36. The molecule has 1 fully saturated rings. The number of nitrogens with one attached hydrogen (secondary N) is 2. The van der Waals surface area contributed by atoms with Crippen LogP contribution < -0.4 is 16.3 Å². The quantitative estimate of drug-likeness (QED) is 0.752. The van der Waals surface area contributed by atoms with Crippen LogP contribution >= 0.6 is 0 Å². The van der Waals surface area contributed by atoms with Crippen molar-refractivity contribution in [3.05, 3.63) is 28.7 Å². The number of amides is 1. The Morgan fingerprint density at radius 1 is 1.37 bits per heavy atom. The van der Waals surface area contributed by atoms with Gasteiger partial charge in [0.15, 0.2) is 0 Å². The van der Waals surface area contributed by atoms with Crippen LogP contribution in [0.4, 0.5) is 5.69 Å². The zero-order valence-electron chi connectivity index (χ0n) is 10.7. The summed E-state index contributed by atoms with van der Waals surface area (Å²) in [6.07, 6.45) is 1.71. The van der Waals surface area contributed by atoms with Crippen LogP contribution in [0.1, 0.15) is 12.8 Å². The SMILES string of the molecule is CN(C(=O)C1(CN)CC1)c1ccc2[nH]c(=O)[nH]c2c1. The second-order valence-electron chi connectivity index (χ2n) is 5.16. The molecule has 0 unspecified atom stereocenters. The average Bonchev–Trinajstić information content (AvgIpc) is 3.12. The first kappa shape index (κ1) is 12.0. The number of anilines is 1. The van der Waals surface area contributed by atoms with E-state index in [2.05, 4.69) is 9.97 Å². The normalized spacial score (nSPS) is 16.5. The van der Waals surface area contributed by atoms with Gasteiger partial charge in [0.05, 0.1) is 16.4 Å². The number of hydrogen-bond donors (Lipinski definition) is 3. The minimum atomic E-state index is -0.366. The van der Waals surface area contributed by atoms with Crippen molar-refractivity contribution in [2.75, 3.05) is 18.5 Å². The van der Waals surface area contributed by atoms with Crippen molar-refractivity contribution in [2.24, 2.45) is 11.1 Å². The number of aromatic amines is 2. The summed E-state index contributed by atoms with van der Waals surface area (Å²) >= 11 is 0. The Hall–Kier alpha value is -2.08. The van der Waals surface area contributed by atoms with E-state index in [1.807, 2.05) is 6.07 Å². The predicted molar refractivity (Wildman–Crippen MR) is 73.1 cm³/mol. The van der Waals surface area contributed by atoms with Crippen LogP contribution in [-0.2, 0) is 4.79 Å². The highest BCUT2D eigenvalue weighted by Gasteiger charge is 2.50. The molecule has 0 aliphatic heterocycles. The molecule has 0 spiro atoms. The van der Waals surface area contributed by atoms with E-state index >= 15 is 0 Å². The van der Waals surface area contributed by atoms with Gasteiger partial charge >= 0.3 is 5.69 Å². The first-order chi connectivity index (χ1) is 9.05. The number of carbonyl (C=O) groups excluding carboxylic acids is 1. The number of nitrogens with two attached hydrogens (primary N) is 1. The second-order valence-corrected chi connectivity index (χ2v) is 5.16. The first-order valence-electron chi connectivity index (χ1n) is 6.26. The van der Waals surface area contributed by atoms with Crippen molar-refractivity contribution in [1.29, 1.82) is 0 Å². The van der Waals surface area contributed by atoms with E-state index in [0.717, 1.165) is 24.0 Å². The van der Waals surface area contributed by atoms with Gasteiger partial charge in [-0.15, -0.1) is 0 Å². The zero-order valence-corrected chi connectivity index (χ0v) is 10.7. The molecule has 6 heteroatoms. The molecule has 19 heavy (non-hydrogen) atoms. The van der Waals surface area contributed by atoms with Gasteiger partial charge in [-0.1, -0.05) is 0 Å². The minimum Gasteiger partial charge on any atom is -0.329 e. The number of imidazole rings is 1. The number of hydrogen-bond acceptors (Lipinski definition) is 3. The molecule has 1 saturated carbocycles. The number of rotatable bonds is 3. The lowest BCUT2D eigenvalue weighted by molar-refractivity contribution is -0.123. The van der Waals surface area contributed by atoms with Crippen LogP contribution in [0.3, 0.4) is 0 Å². The van der Waals surface area contributed by atoms with E-state index in [4.69, 9.17) is 5.73 Å². The Morgan fingerprint density at radius 3 is 2.68 bits per heavy atom. The maximum Gasteiger partial charge on any atom is 0.323 e. The predicted octanol–water partition coefficient (Wildman–Crippen LogP) is 0.558. The molecule has 100 valence electrons. The molecule has 0 atom stereocenters. The fourth-order valence-electron chi connectivity index (χ4n) is 2.36. The van der Waals surface area contributed by atoms with Gasteiger partial charge in [0.1, 0.15) is 0 Å². The number of fused-ring (bicyclic) bond motifs is 1. The van der Waals surface area contributed by atoms with Crippen LogP contribution in [0.2, 0.25) is 0 Å². The molecule has 2 aromatic rings. The summed E-state index contributed by atoms with van der Waals surface area (Å²) < 4.78 is 0. The fraction of sp³-hybridized carbons (Fsp3) is 0.385. The Bertz CT molecular complexity index is 696. The van der Waals surface area contributed by atoms with Gasteiger partial charge in [-0.3, -0.25) is 4.79 Å². The van der Waals surface area contributed by atoms with Gasteiger partial charge in [0, 0.05) is 19.3 Å².